The molecule has 2 heterocycles. The van der Waals surface area contributed by atoms with Gasteiger partial charge < -0.3 is 5.11 Å². The van der Waals surface area contributed by atoms with Crippen LogP contribution in [0.4, 0.5) is 13.2 Å². The van der Waals surface area contributed by atoms with Crippen LogP contribution in [0.15, 0.2) is 6.20 Å². The number of nitrogens with zero attached hydrogens (tertiary/aromatic N) is 3. The Hall–Kier alpha value is -1.08. The van der Waals surface area contributed by atoms with Crippen LogP contribution >= 0.6 is 0 Å². The number of hydrogen-bond acceptors (Lipinski definition) is 3. The highest BCUT2D eigenvalue weighted by molar-refractivity contribution is 5.21. The van der Waals surface area contributed by atoms with Crippen LogP contribution in [0, 0.1) is 0 Å². The number of aliphatic hydroxyl groups excluding tert-OH is 1. The number of halogens is 3. The molecule has 7 heteroatoms. The monoisotopic (exact) mass is 291 g/mol. The van der Waals surface area contributed by atoms with Gasteiger partial charge in [-0.2, -0.15) is 18.3 Å². The Kier molecular flexibility index (Phi) is 4.39. The largest absolute Gasteiger partial charge is 0.433 e. The van der Waals surface area contributed by atoms with Gasteiger partial charge in [0.15, 0.2) is 0 Å². The number of piperidine rings is 1. The third-order valence-electron chi connectivity index (χ3n) is 3.88. The van der Waals surface area contributed by atoms with Crippen LogP contribution < -0.4 is 0 Å². The fraction of sp³-hybridized carbons (Fsp3) is 0.769. The molecule has 0 aliphatic carbocycles. The Morgan fingerprint density at radius 2 is 2.15 bits per heavy atom. The predicted molar refractivity (Wildman–Crippen MR) is 67.9 cm³/mol. The first-order valence-electron chi connectivity index (χ1n) is 6.81. The molecular formula is C13H20F3N3O. The molecule has 0 spiro atoms. The minimum absolute atomic E-state index is 0.0787. The van der Waals surface area contributed by atoms with Gasteiger partial charge in [0, 0.05) is 25.2 Å². The lowest BCUT2D eigenvalue weighted by atomic mass is 9.97. The van der Waals surface area contributed by atoms with Crippen molar-refractivity contribution in [1.82, 2.24) is 14.7 Å². The molecule has 1 aliphatic heterocycles. The van der Waals surface area contributed by atoms with Crippen LogP contribution in [0.1, 0.15) is 37.4 Å². The molecule has 0 radical (unpaired) electrons. The van der Waals surface area contributed by atoms with E-state index in [4.69, 9.17) is 0 Å². The first kappa shape index (κ1) is 15.3. The van der Waals surface area contributed by atoms with E-state index in [2.05, 4.69) is 5.10 Å². The van der Waals surface area contributed by atoms with E-state index in [9.17, 15) is 18.3 Å². The number of aliphatic hydroxyl groups is 1. The lowest BCUT2D eigenvalue weighted by Crippen LogP contribution is -2.45. The summed E-state index contributed by atoms with van der Waals surface area (Å²) in [4.78, 5) is 1.93. The van der Waals surface area contributed by atoms with Crippen LogP contribution in [-0.4, -0.2) is 38.5 Å². The molecule has 0 bridgehead atoms. The zero-order valence-electron chi connectivity index (χ0n) is 11.7. The van der Waals surface area contributed by atoms with Gasteiger partial charge in [0.25, 0.3) is 0 Å². The fourth-order valence-electron chi connectivity index (χ4n) is 2.94. The standard InChI is InChI=1S/C13H20F3N3O/c1-9(20)11-5-3-4-6-19(11)8-10-7-17-18(2)12(10)13(14,15)16/h7,9,11,20H,3-6,8H2,1-2H3. The van der Waals surface area contributed by atoms with Gasteiger partial charge in [0.2, 0.25) is 0 Å². The molecule has 114 valence electrons. The smallest absolute Gasteiger partial charge is 0.392 e. The van der Waals surface area contributed by atoms with E-state index in [0.717, 1.165) is 23.9 Å². The van der Waals surface area contributed by atoms with Crippen LogP contribution in [0.25, 0.3) is 0 Å². The normalized spacial score (nSPS) is 23.0. The second-order valence-corrected chi connectivity index (χ2v) is 5.41. The maximum atomic E-state index is 13.0. The molecule has 1 aromatic heterocycles. The van der Waals surface area contributed by atoms with Crippen molar-refractivity contribution in [3.63, 3.8) is 0 Å². The highest BCUT2D eigenvalue weighted by Gasteiger charge is 2.38. The van der Waals surface area contributed by atoms with E-state index in [0.29, 0.717) is 6.54 Å². The van der Waals surface area contributed by atoms with Crippen molar-refractivity contribution in [3.8, 4) is 0 Å². The molecule has 4 nitrogen and oxygen atoms in total. The SMILES string of the molecule is CC(O)C1CCCCN1Cc1cnn(C)c1C(F)(F)F. The molecular weight excluding hydrogens is 271 g/mol. The fourth-order valence-corrected chi connectivity index (χ4v) is 2.94. The molecule has 1 saturated heterocycles. The average Bonchev–Trinajstić information content (AvgIpc) is 2.70. The Balaban J connectivity index is 2.21. The molecule has 2 unspecified atom stereocenters. The van der Waals surface area contributed by atoms with Gasteiger partial charge in [-0.3, -0.25) is 9.58 Å². The van der Waals surface area contributed by atoms with Crippen molar-refractivity contribution in [2.45, 2.75) is 51.1 Å². The van der Waals surface area contributed by atoms with Crippen LogP contribution in [-0.2, 0) is 19.8 Å². The van der Waals surface area contributed by atoms with Crippen LogP contribution in [0.3, 0.4) is 0 Å². The number of alkyl halides is 3. The van der Waals surface area contributed by atoms with Crippen LogP contribution in [0.2, 0.25) is 0 Å². The first-order chi connectivity index (χ1) is 9.30. The van der Waals surface area contributed by atoms with Crippen molar-refractivity contribution in [1.29, 1.82) is 0 Å². The number of aromatic nitrogens is 2. The molecule has 1 fully saturated rings. The summed E-state index contributed by atoms with van der Waals surface area (Å²) in [5.74, 6) is 0. The summed E-state index contributed by atoms with van der Waals surface area (Å²) in [5.41, 5.74) is -0.528. The maximum Gasteiger partial charge on any atom is 0.433 e. The van der Waals surface area contributed by atoms with E-state index in [1.807, 2.05) is 4.90 Å². The highest BCUT2D eigenvalue weighted by atomic mass is 19.4. The first-order valence-corrected chi connectivity index (χ1v) is 6.81. The van der Waals surface area contributed by atoms with Gasteiger partial charge in [0.05, 0.1) is 12.3 Å². The number of likely N-dealkylation sites (tertiary alicyclic amines) is 1. The Morgan fingerprint density at radius 3 is 2.75 bits per heavy atom. The van der Waals surface area contributed by atoms with Crippen LogP contribution in [0.5, 0.6) is 0 Å². The predicted octanol–water partition coefficient (Wildman–Crippen LogP) is 2.17. The lowest BCUT2D eigenvalue weighted by Gasteiger charge is -2.37. The van der Waals surface area contributed by atoms with Gasteiger partial charge in [-0.1, -0.05) is 6.42 Å². The third kappa shape index (κ3) is 3.15. The van der Waals surface area contributed by atoms with Gasteiger partial charge in [-0.15, -0.1) is 0 Å². The van der Waals surface area contributed by atoms with E-state index in [-0.39, 0.29) is 18.2 Å². The molecule has 1 N–H and O–H groups in total. The third-order valence-corrected chi connectivity index (χ3v) is 3.88. The quantitative estimate of drug-likeness (QED) is 0.928. The number of hydrogen-bond donors (Lipinski definition) is 1. The summed E-state index contributed by atoms with van der Waals surface area (Å²) < 4.78 is 39.9. The minimum Gasteiger partial charge on any atom is -0.392 e. The zero-order valence-corrected chi connectivity index (χ0v) is 11.7. The summed E-state index contributed by atoms with van der Waals surface area (Å²) in [6, 6.07) is -0.0787. The highest BCUT2D eigenvalue weighted by Crippen LogP contribution is 2.33. The van der Waals surface area contributed by atoms with Gasteiger partial charge in [0.1, 0.15) is 5.69 Å². The molecule has 1 aromatic rings. The Morgan fingerprint density at radius 1 is 1.45 bits per heavy atom. The van der Waals surface area contributed by atoms with E-state index < -0.39 is 18.0 Å². The number of aryl methyl sites for hydroxylation is 1. The van der Waals surface area contributed by atoms with Crippen molar-refractivity contribution in [2.24, 2.45) is 7.05 Å². The summed E-state index contributed by atoms with van der Waals surface area (Å²) in [6.07, 6.45) is -0.899. The van der Waals surface area contributed by atoms with Gasteiger partial charge in [-0.25, -0.2) is 0 Å². The molecule has 20 heavy (non-hydrogen) atoms. The topological polar surface area (TPSA) is 41.3 Å². The molecule has 2 rings (SSSR count). The second-order valence-electron chi connectivity index (χ2n) is 5.41. The van der Waals surface area contributed by atoms with Crippen molar-refractivity contribution in [2.75, 3.05) is 6.54 Å². The Labute approximate surface area is 116 Å². The molecule has 0 amide bonds. The second kappa shape index (κ2) is 5.73. The summed E-state index contributed by atoms with van der Waals surface area (Å²) in [7, 11) is 1.30. The molecule has 1 aliphatic rings. The van der Waals surface area contributed by atoms with Crippen molar-refractivity contribution in [3.05, 3.63) is 17.5 Å². The summed E-state index contributed by atoms with van der Waals surface area (Å²) in [5, 5.41) is 13.5. The molecule has 0 aromatic carbocycles. The van der Waals surface area contributed by atoms with Gasteiger partial charge in [-0.05, 0) is 26.3 Å². The Bertz CT molecular complexity index is 456. The van der Waals surface area contributed by atoms with Gasteiger partial charge >= 0.3 is 6.18 Å². The lowest BCUT2D eigenvalue weighted by molar-refractivity contribution is -0.144. The maximum absolute atomic E-state index is 13.0. The summed E-state index contributed by atoms with van der Waals surface area (Å²) >= 11 is 0. The van der Waals surface area contributed by atoms with Crippen molar-refractivity contribution >= 4 is 0 Å². The van der Waals surface area contributed by atoms with E-state index in [1.54, 1.807) is 6.92 Å². The zero-order chi connectivity index (χ0) is 14.9. The van der Waals surface area contributed by atoms with E-state index >= 15 is 0 Å². The molecule has 2 atom stereocenters. The van der Waals surface area contributed by atoms with E-state index in [1.165, 1.54) is 13.2 Å². The summed E-state index contributed by atoms with van der Waals surface area (Å²) in [6.45, 7) is 2.58. The number of rotatable bonds is 3. The molecule has 0 saturated carbocycles. The average molecular weight is 291 g/mol. The van der Waals surface area contributed by atoms with Crippen molar-refractivity contribution < 1.29 is 18.3 Å². The minimum atomic E-state index is -4.41.